The van der Waals surface area contributed by atoms with E-state index in [4.69, 9.17) is 0 Å². The van der Waals surface area contributed by atoms with Gasteiger partial charge in [0.05, 0.1) is 11.5 Å². The number of aliphatic hydroxyl groups is 1. The fourth-order valence-electron chi connectivity index (χ4n) is 8.80. The number of rotatable bonds is 6. The molecule has 4 unspecified atom stereocenters. The van der Waals surface area contributed by atoms with Crippen molar-refractivity contribution in [1.29, 1.82) is 0 Å². The van der Waals surface area contributed by atoms with Crippen LogP contribution in [-0.2, 0) is 32.0 Å². The quantitative estimate of drug-likeness (QED) is 0.397. The van der Waals surface area contributed by atoms with Crippen molar-refractivity contribution in [2.75, 3.05) is 0 Å². The lowest BCUT2D eigenvalue weighted by Crippen LogP contribution is -2.76. The Morgan fingerprint density at radius 2 is 1.60 bits per heavy atom. The smallest absolute Gasteiger partial charge is 0.190 e. The fourth-order valence-corrected chi connectivity index (χ4v) is 8.80. The fraction of sp³-hybridized carbons (Fsp3) is 0.694. The van der Waals surface area contributed by atoms with Crippen molar-refractivity contribution in [3.05, 3.63) is 28.3 Å². The number of aromatic hydroxyl groups is 1. The summed E-state index contributed by atoms with van der Waals surface area (Å²) in [6.45, 7) is 20.9. The third kappa shape index (κ3) is 4.67. The Bertz CT molecular complexity index is 1410. The van der Waals surface area contributed by atoms with Crippen molar-refractivity contribution in [2.45, 2.75) is 113 Å². The topological polar surface area (TPSA) is 126 Å². The summed E-state index contributed by atoms with van der Waals surface area (Å²) >= 11 is 0. The Morgan fingerprint density at radius 3 is 2.09 bits per heavy atom. The van der Waals surface area contributed by atoms with Gasteiger partial charge in [-0.3, -0.25) is 24.0 Å². The second-order valence-electron chi connectivity index (χ2n) is 16.1. The molecule has 7 nitrogen and oxygen atoms in total. The molecular weight excluding hydrogens is 544 g/mol. The van der Waals surface area contributed by atoms with E-state index in [9.17, 15) is 34.2 Å². The van der Waals surface area contributed by atoms with E-state index in [0.29, 0.717) is 23.5 Å². The standard InChI is InChI=1S/C36H50O7/c1-17(2)22-14-21(13-12-19(5)33(7,8)9)28(38)25-23(22)15-34(10)16-35(11)26(18(3)4)29(39)24(20(6)37)31(41)36(35,43)32(42)27(34)30(25)40/h14,17-19,24,26-27,38,43H,12-13,15-16H2,1-11H3/t19?,24?,26?,27?,34-,35-,36+/m1/s1. The van der Waals surface area contributed by atoms with Crippen molar-refractivity contribution in [3.8, 4) is 5.75 Å². The Balaban J connectivity index is 1.92. The highest BCUT2D eigenvalue weighted by atomic mass is 16.3. The predicted molar refractivity (Wildman–Crippen MR) is 164 cm³/mol. The maximum absolute atomic E-state index is 14.5. The van der Waals surface area contributed by atoms with E-state index >= 15 is 0 Å². The average Bonchev–Trinajstić information content (AvgIpc) is 2.84. The Labute approximate surface area is 256 Å². The first-order valence-corrected chi connectivity index (χ1v) is 15.8. The van der Waals surface area contributed by atoms with Gasteiger partial charge in [0.25, 0.3) is 0 Å². The highest BCUT2D eigenvalue weighted by Crippen LogP contribution is 2.64. The molecule has 0 heterocycles. The van der Waals surface area contributed by atoms with Crippen molar-refractivity contribution >= 4 is 28.9 Å². The summed E-state index contributed by atoms with van der Waals surface area (Å²) in [5, 5.41) is 23.8. The minimum Gasteiger partial charge on any atom is -0.507 e. The van der Waals surface area contributed by atoms with Gasteiger partial charge in [0.15, 0.2) is 28.7 Å². The molecule has 2 fully saturated rings. The first kappa shape index (κ1) is 33.2. The van der Waals surface area contributed by atoms with Crippen LogP contribution in [0.1, 0.15) is 122 Å². The van der Waals surface area contributed by atoms with Gasteiger partial charge in [-0.1, -0.05) is 75.3 Å². The molecule has 3 aliphatic carbocycles. The lowest BCUT2D eigenvalue weighted by atomic mass is 9.39. The van der Waals surface area contributed by atoms with E-state index in [1.54, 1.807) is 20.8 Å². The Morgan fingerprint density at radius 1 is 1.02 bits per heavy atom. The van der Waals surface area contributed by atoms with Crippen LogP contribution in [0.5, 0.6) is 5.75 Å². The molecule has 4 rings (SSSR count). The molecule has 7 atom stereocenters. The van der Waals surface area contributed by atoms with Crippen LogP contribution in [0.4, 0.5) is 0 Å². The summed E-state index contributed by atoms with van der Waals surface area (Å²) in [5.74, 6) is -8.15. The number of Topliss-reactive ketones (excluding diaryl/α,β-unsaturated/α-hetero) is 5. The number of ketones is 5. The van der Waals surface area contributed by atoms with E-state index in [1.807, 2.05) is 26.8 Å². The monoisotopic (exact) mass is 594 g/mol. The van der Waals surface area contributed by atoms with Gasteiger partial charge in [0, 0.05) is 11.3 Å². The van der Waals surface area contributed by atoms with E-state index < -0.39 is 63.1 Å². The van der Waals surface area contributed by atoms with Crippen LogP contribution in [0.25, 0.3) is 0 Å². The van der Waals surface area contributed by atoms with Gasteiger partial charge in [-0.25, -0.2) is 0 Å². The lowest BCUT2D eigenvalue weighted by molar-refractivity contribution is -0.205. The molecule has 0 amide bonds. The molecule has 0 aliphatic heterocycles. The number of hydrogen-bond acceptors (Lipinski definition) is 7. The van der Waals surface area contributed by atoms with Crippen LogP contribution in [0.3, 0.4) is 0 Å². The van der Waals surface area contributed by atoms with Crippen LogP contribution in [-0.4, -0.2) is 44.7 Å². The summed E-state index contributed by atoms with van der Waals surface area (Å²) in [5.41, 5.74) is -2.75. The minimum atomic E-state index is -2.68. The molecule has 0 spiro atoms. The number of benzene rings is 1. The van der Waals surface area contributed by atoms with Crippen molar-refractivity contribution < 1.29 is 34.2 Å². The van der Waals surface area contributed by atoms with Crippen molar-refractivity contribution in [2.24, 2.45) is 45.8 Å². The molecule has 43 heavy (non-hydrogen) atoms. The molecule has 1 aromatic carbocycles. The number of phenolic OH excluding ortho intramolecular Hbond substituents is 1. The van der Waals surface area contributed by atoms with Gasteiger partial charge in [-0.05, 0) is 77.9 Å². The normalized spacial score (nSPS) is 33.4. The Hall–Kier alpha value is -2.67. The molecule has 1 aromatic rings. The van der Waals surface area contributed by atoms with Crippen LogP contribution >= 0.6 is 0 Å². The molecule has 3 aliphatic rings. The lowest BCUT2D eigenvalue weighted by Gasteiger charge is -2.62. The summed E-state index contributed by atoms with van der Waals surface area (Å²) < 4.78 is 0. The predicted octanol–water partition coefficient (Wildman–Crippen LogP) is 5.83. The van der Waals surface area contributed by atoms with Gasteiger partial charge in [0.1, 0.15) is 17.5 Å². The number of aryl methyl sites for hydroxylation is 1. The molecule has 236 valence electrons. The van der Waals surface area contributed by atoms with Crippen LogP contribution in [0, 0.1) is 45.8 Å². The first-order chi connectivity index (χ1) is 19.6. The van der Waals surface area contributed by atoms with E-state index in [-0.39, 0.29) is 41.4 Å². The number of fused-ring (bicyclic) bond motifs is 3. The number of hydrogen-bond donors (Lipinski definition) is 2. The molecule has 0 aromatic heterocycles. The highest BCUT2D eigenvalue weighted by Gasteiger charge is 2.76. The van der Waals surface area contributed by atoms with Gasteiger partial charge >= 0.3 is 0 Å². The van der Waals surface area contributed by atoms with Gasteiger partial charge < -0.3 is 10.2 Å². The largest absolute Gasteiger partial charge is 0.507 e. The SMILES string of the molecule is CC(=O)C1C(=O)C(C(C)C)[C@@]2(C)C[C@@]3(C)Cc4c(C(C)C)cc(CCC(C)C(C)(C)C)c(O)c4C(=O)C3C(=O)[C@@]2(O)C1=O. The molecule has 7 heteroatoms. The van der Waals surface area contributed by atoms with Gasteiger partial charge in [-0.15, -0.1) is 0 Å². The van der Waals surface area contributed by atoms with Crippen molar-refractivity contribution in [3.63, 3.8) is 0 Å². The van der Waals surface area contributed by atoms with Crippen LogP contribution in [0.2, 0.25) is 0 Å². The second-order valence-corrected chi connectivity index (χ2v) is 16.1. The number of carbonyl (C=O) groups excluding carboxylic acids is 5. The molecule has 0 bridgehead atoms. The van der Waals surface area contributed by atoms with E-state index in [0.717, 1.165) is 18.9 Å². The molecular formula is C36H50O7. The zero-order chi connectivity index (χ0) is 32.8. The number of phenols is 1. The molecule has 2 N–H and O–H groups in total. The van der Waals surface area contributed by atoms with E-state index in [2.05, 4.69) is 27.7 Å². The third-order valence-electron chi connectivity index (χ3n) is 11.4. The third-order valence-corrected chi connectivity index (χ3v) is 11.4. The zero-order valence-electron chi connectivity index (χ0n) is 27.8. The summed E-state index contributed by atoms with van der Waals surface area (Å²) in [6, 6.07) is 2.00. The minimum absolute atomic E-state index is 0.0328. The van der Waals surface area contributed by atoms with Crippen molar-refractivity contribution in [1.82, 2.24) is 0 Å². The Kier molecular flexibility index (Phi) is 8.08. The van der Waals surface area contributed by atoms with Gasteiger partial charge in [-0.2, -0.15) is 0 Å². The first-order valence-electron chi connectivity index (χ1n) is 15.8. The number of carbonyl (C=O) groups is 5. The molecule has 0 radical (unpaired) electrons. The summed E-state index contributed by atoms with van der Waals surface area (Å²) in [6.07, 6.45) is 1.69. The van der Waals surface area contributed by atoms with Crippen LogP contribution in [0.15, 0.2) is 6.07 Å². The molecule has 0 saturated heterocycles. The zero-order valence-corrected chi connectivity index (χ0v) is 27.8. The second kappa shape index (κ2) is 10.5. The van der Waals surface area contributed by atoms with E-state index in [1.165, 1.54) is 0 Å². The average molecular weight is 595 g/mol. The maximum Gasteiger partial charge on any atom is 0.190 e. The highest BCUT2D eigenvalue weighted by molar-refractivity contribution is 6.32. The van der Waals surface area contributed by atoms with Gasteiger partial charge in [0.2, 0.25) is 0 Å². The van der Waals surface area contributed by atoms with Crippen LogP contribution < -0.4 is 0 Å². The summed E-state index contributed by atoms with van der Waals surface area (Å²) in [7, 11) is 0. The molecule has 2 saturated carbocycles. The maximum atomic E-state index is 14.5. The summed E-state index contributed by atoms with van der Waals surface area (Å²) in [4.78, 5) is 69.2.